The summed E-state index contributed by atoms with van der Waals surface area (Å²) in [5, 5.41) is 0. The van der Waals surface area contributed by atoms with Gasteiger partial charge in [0.1, 0.15) is 7.31 Å². The molecule has 1 aliphatic heterocycles. The Labute approximate surface area is 69.7 Å². The highest BCUT2D eigenvalue weighted by Gasteiger charge is 2.17. The maximum absolute atomic E-state index is 11.1. The SMILES string of the molecule is [B][B]N1CCCS(=O)(=O)CC1. The number of rotatable bonds is 1. The molecule has 0 aliphatic carbocycles. The van der Waals surface area contributed by atoms with E-state index in [1.54, 1.807) is 0 Å². The normalized spacial score (nSPS) is 25.8. The lowest BCUT2D eigenvalue weighted by molar-refractivity contribution is 0.484. The molecule has 1 aliphatic rings. The van der Waals surface area contributed by atoms with Crippen molar-refractivity contribution in [3.05, 3.63) is 0 Å². The Balaban J connectivity index is 2.53. The van der Waals surface area contributed by atoms with Gasteiger partial charge in [-0.05, 0) is 13.0 Å². The molecule has 1 rings (SSSR count). The molecule has 0 spiro atoms. The Kier molecular flexibility index (Phi) is 3.01. The molecule has 59 valence electrons. The second-order valence-electron chi connectivity index (χ2n) is 2.69. The van der Waals surface area contributed by atoms with Gasteiger partial charge in [0.25, 0.3) is 0 Å². The lowest BCUT2D eigenvalue weighted by atomic mass is 9.65. The van der Waals surface area contributed by atoms with Gasteiger partial charge in [-0.2, -0.15) is 0 Å². The van der Waals surface area contributed by atoms with Crippen LogP contribution >= 0.6 is 0 Å². The fourth-order valence-corrected chi connectivity index (χ4v) is 2.39. The molecule has 3 nitrogen and oxygen atoms in total. The molecule has 0 aromatic rings. The highest BCUT2D eigenvalue weighted by molar-refractivity contribution is 7.91. The van der Waals surface area contributed by atoms with Crippen LogP contribution in [-0.2, 0) is 9.84 Å². The van der Waals surface area contributed by atoms with Crippen molar-refractivity contribution in [3.63, 3.8) is 0 Å². The third-order valence-corrected chi connectivity index (χ3v) is 3.52. The molecule has 1 fully saturated rings. The van der Waals surface area contributed by atoms with Gasteiger partial charge >= 0.3 is 0 Å². The Hall–Kier alpha value is 0.0399. The Bertz CT molecular complexity index is 217. The predicted molar refractivity (Wildman–Crippen MR) is 46.4 cm³/mol. The van der Waals surface area contributed by atoms with Crippen LogP contribution in [0, 0.1) is 0 Å². The summed E-state index contributed by atoms with van der Waals surface area (Å²) >= 11 is 0. The molecule has 0 unspecified atom stereocenters. The first-order chi connectivity index (χ1) is 5.14. The lowest BCUT2D eigenvalue weighted by Gasteiger charge is -2.15. The molecular weight excluding hydrogens is 160 g/mol. The minimum atomic E-state index is -2.78. The Morgan fingerprint density at radius 3 is 2.64 bits per heavy atom. The lowest BCUT2D eigenvalue weighted by Crippen LogP contribution is -2.31. The van der Waals surface area contributed by atoms with E-state index in [1.807, 2.05) is 4.81 Å². The van der Waals surface area contributed by atoms with Gasteiger partial charge < -0.3 is 4.81 Å². The third-order valence-electron chi connectivity index (χ3n) is 1.80. The van der Waals surface area contributed by atoms with Gasteiger partial charge in [-0.15, -0.1) is 0 Å². The third kappa shape index (κ3) is 2.87. The molecule has 0 atom stereocenters. The standard InChI is InChI=1S/C5H10B2NO2S/c6-7-8-2-1-4-11(9,10)5-3-8/h1-5H2. The summed E-state index contributed by atoms with van der Waals surface area (Å²) in [6.45, 7) is 1.30. The van der Waals surface area contributed by atoms with Gasteiger partial charge in [0.2, 0.25) is 0 Å². The van der Waals surface area contributed by atoms with Gasteiger partial charge in [0.05, 0.1) is 11.5 Å². The quantitative estimate of drug-likeness (QED) is 0.464. The van der Waals surface area contributed by atoms with Crippen LogP contribution in [0.2, 0.25) is 0 Å². The smallest absolute Gasteiger partial charge is 0.151 e. The summed E-state index contributed by atoms with van der Waals surface area (Å²) in [6.07, 6.45) is 0.691. The number of sulfone groups is 1. The van der Waals surface area contributed by atoms with Crippen molar-refractivity contribution >= 4 is 24.9 Å². The van der Waals surface area contributed by atoms with E-state index in [9.17, 15) is 8.42 Å². The molecule has 11 heavy (non-hydrogen) atoms. The maximum Gasteiger partial charge on any atom is 0.151 e. The van der Waals surface area contributed by atoms with Crippen molar-refractivity contribution in [3.8, 4) is 0 Å². The molecule has 6 heteroatoms. The highest BCUT2D eigenvalue weighted by atomic mass is 32.2. The topological polar surface area (TPSA) is 37.4 Å². The van der Waals surface area contributed by atoms with E-state index in [0.29, 0.717) is 18.7 Å². The molecule has 0 aromatic heterocycles. The zero-order valence-electron chi connectivity index (χ0n) is 6.36. The summed E-state index contributed by atoms with van der Waals surface area (Å²) in [5.41, 5.74) is 0. The van der Waals surface area contributed by atoms with Crippen LogP contribution in [0.3, 0.4) is 0 Å². The molecule has 0 saturated carbocycles. The largest absolute Gasteiger partial charge is 0.355 e. The number of nitrogens with zero attached hydrogens (tertiary/aromatic N) is 1. The summed E-state index contributed by atoms with van der Waals surface area (Å²) in [4.78, 5) is 1.84. The van der Waals surface area contributed by atoms with Crippen LogP contribution < -0.4 is 0 Å². The Morgan fingerprint density at radius 1 is 1.27 bits per heavy atom. The van der Waals surface area contributed by atoms with Crippen LogP contribution in [0.1, 0.15) is 6.42 Å². The highest BCUT2D eigenvalue weighted by Crippen LogP contribution is 2.02. The first-order valence-electron chi connectivity index (χ1n) is 3.63. The van der Waals surface area contributed by atoms with Crippen LogP contribution in [-0.4, -0.2) is 52.9 Å². The molecule has 0 bridgehead atoms. The van der Waals surface area contributed by atoms with Crippen molar-refractivity contribution < 1.29 is 8.42 Å². The number of hydrogen-bond donors (Lipinski definition) is 0. The van der Waals surface area contributed by atoms with Crippen LogP contribution in [0.15, 0.2) is 0 Å². The first-order valence-corrected chi connectivity index (χ1v) is 5.46. The van der Waals surface area contributed by atoms with Gasteiger partial charge in [0, 0.05) is 14.3 Å². The van der Waals surface area contributed by atoms with Crippen LogP contribution in [0.5, 0.6) is 0 Å². The number of hydrogen-bond acceptors (Lipinski definition) is 3. The Morgan fingerprint density at radius 2 is 2.00 bits per heavy atom. The molecule has 1 saturated heterocycles. The predicted octanol–water partition coefficient (Wildman–Crippen LogP) is -1.19. The maximum atomic E-state index is 11.1. The molecular formula is C5H10B2NO2S. The van der Waals surface area contributed by atoms with Gasteiger partial charge in [-0.1, -0.05) is 0 Å². The van der Waals surface area contributed by atoms with Crippen LogP contribution in [0.4, 0.5) is 0 Å². The van der Waals surface area contributed by atoms with Gasteiger partial charge in [0.15, 0.2) is 9.84 Å². The van der Waals surface area contributed by atoms with E-state index in [-0.39, 0.29) is 5.75 Å². The second kappa shape index (κ2) is 3.63. The first kappa shape index (κ1) is 9.13. The average molecular weight is 170 g/mol. The summed E-state index contributed by atoms with van der Waals surface area (Å²) in [5.74, 6) is 0.540. The monoisotopic (exact) mass is 170 g/mol. The van der Waals surface area contributed by atoms with Gasteiger partial charge in [-0.25, -0.2) is 8.42 Å². The summed E-state index contributed by atoms with van der Waals surface area (Å²) in [6, 6.07) is 0. The fourth-order valence-electron chi connectivity index (χ4n) is 1.11. The van der Waals surface area contributed by atoms with E-state index in [4.69, 9.17) is 7.74 Å². The second-order valence-corrected chi connectivity index (χ2v) is 4.99. The average Bonchev–Trinajstić information content (AvgIpc) is 2.10. The van der Waals surface area contributed by atoms with E-state index in [2.05, 4.69) is 0 Å². The van der Waals surface area contributed by atoms with Crippen molar-refractivity contribution in [1.82, 2.24) is 4.81 Å². The fraction of sp³-hybridized carbons (Fsp3) is 1.00. The van der Waals surface area contributed by atoms with Crippen molar-refractivity contribution in [2.24, 2.45) is 0 Å². The molecule has 0 amide bonds. The van der Waals surface area contributed by atoms with Crippen molar-refractivity contribution in [2.45, 2.75) is 6.42 Å². The van der Waals surface area contributed by atoms with E-state index < -0.39 is 9.84 Å². The molecule has 0 N–H and O–H groups in total. The zero-order chi connectivity index (χ0) is 8.32. The van der Waals surface area contributed by atoms with E-state index in [1.165, 1.54) is 7.31 Å². The zero-order valence-corrected chi connectivity index (χ0v) is 7.18. The molecule has 0 aromatic carbocycles. The van der Waals surface area contributed by atoms with E-state index in [0.717, 1.165) is 6.54 Å². The minimum absolute atomic E-state index is 0.237. The van der Waals surface area contributed by atoms with Crippen LogP contribution in [0.25, 0.3) is 0 Å². The van der Waals surface area contributed by atoms with Gasteiger partial charge in [-0.3, -0.25) is 0 Å². The van der Waals surface area contributed by atoms with Crippen molar-refractivity contribution in [2.75, 3.05) is 24.6 Å². The summed E-state index contributed by atoms with van der Waals surface area (Å²) < 4.78 is 22.1. The van der Waals surface area contributed by atoms with Crippen molar-refractivity contribution in [1.29, 1.82) is 0 Å². The molecule has 3 radical (unpaired) electrons. The summed E-state index contributed by atoms with van der Waals surface area (Å²) in [7, 11) is 3.95. The minimum Gasteiger partial charge on any atom is -0.355 e. The molecule has 1 heterocycles. The van der Waals surface area contributed by atoms with E-state index >= 15 is 0 Å².